The molecule has 0 aliphatic carbocycles. The monoisotopic (exact) mass is 283 g/mol. The van der Waals surface area contributed by atoms with Gasteiger partial charge in [0, 0.05) is 6.04 Å². The second-order valence-electron chi connectivity index (χ2n) is 4.83. The Morgan fingerprint density at radius 2 is 1.68 bits per heavy atom. The van der Waals surface area contributed by atoms with Crippen LogP contribution in [0.1, 0.15) is 45.6 Å². The van der Waals surface area contributed by atoms with E-state index in [1.54, 1.807) is 19.1 Å². The van der Waals surface area contributed by atoms with Crippen molar-refractivity contribution in [3.05, 3.63) is 29.8 Å². The summed E-state index contributed by atoms with van der Waals surface area (Å²) in [6, 6.07) is 7.76. The first-order valence-electron chi connectivity index (χ1n) is 7.02. The lowest BCUT2D eigenvalue weighted by atomic mass is 9.92. The van der Waals surface area contributed by atoms with E-state index in [1.807, 2.05) is 12.1 Å². The fraction of sp³-hybridized carbons (Fsp3) is 0.600. The maximum absolute atomic E-state index is 11.8. The van der Waals surface area contributed by atoms with Crippen molar-refractivity contribution in [3.8, 4) is 0 Å². The molecule has 0 aliphatic heterocycles. The summed E-state index contributed by atoms with van der Waals surface area (Å²) in [4.78, 5) is 0.419. The van der Waals surface area contributed by atoms with E-state index in [-0.39, 0.29) is 5.75 Å². The van der Waals surface area contributed by atoms with Crippen molar-refractivity contribution in [3.63, 3.8) is 0 Å². The Kier molecular flexibility index (Phi) is 6.01. The maximum atomic E-state index is 11.8. The molecule has 0 aromatic heterocycles. The molecule has 0 saturated carbocycles. The highest BCUT2D eigenvalue weighted by Gasteiger charge is 2.17. The molecule has 0 amide bonds. The average molecular weight is 283 g/mol. The largest absolute Gasteiger partial charge is 0.314 e. The lowest BCUT2D eigenvalue weighted by molar-refractivity contribution is 0.448. The molecular formula is C15H25NO2S. The molecule has 19 heavy (non-hydrogen) atoms. The molecule has 0 spiro atoms. The molecule has 0 fully saturated rings. The predicted molar refractivity (Wildman–Crippen MR) is 80.3 cm³/mol. The van der Waals surface area contributed by atoms with E-state index in [4.69, 9.17) is 0 Å². The first-order valence-corrected chi connectivity index (χ1v) is 8.67. The van der Waals surface area contributed by atoms with E-state index < -0.39 is 9.84 Å². The molecule has 108 valence electrons. The van der Waals surface area contributed by atoms with Crippen LogP contribution in [0.2, 0.25) is 0 Å². The van der Waals surface area contributed by atoms with Gasteiger partial charge in [-0.05, 0) is 36.6 Å². The van der Waals surface area contributed by atoms with Gasteiger partial charge in [-0.15, -0.1) is 0 Å². The summed E-state index contributed by atoms with van der Waals surface area (Å²) >= 11 is 0. The Bertz CT molecular complexity index is 479. The third-order valence-electron chi connectivity index (χ3n) is 3.65. The number of nitrogens with one attached hydrogen (secondary N) is 1. The summed E-state index contributed by atoms with van der Waals surface area (Å²) < 4.78 is 23.5. The van der Waals surface area contributed by atoms with Crippen molar-refractivity contribution in [2.45, 2.75) is 51.0 Å². The van der Waals surface area contributed by atoms with Crippen LogP contribution in [0.15, 0.2) is 29.2 Å². The van der Waals surface area contributed by atoms with Gasteiger partial charge in [-0.25, -0.2) is 8.42 Å². The molecule has 3 nitrogen and oxygen atoms in total. The van der Waals surface area contributed by atoms with Crippen LogP contribution in [0.25, 0.3) is 0 Å². The Morgan fingerprint density at radius 3 is 2.11 bits per heavy atom. The topological polar surface area (TPSA) is 46.2 Å². The standard InChI is InChI=1S/C15H25NO2S/c1-5-15(16-6-2)12(4)13-8-10-14(11-9-13)19(17,18)7-3/h8-12,15-16H,5-7H2,1-4H3. The zero-order valence-electron chi connectivity index (χ0n) is 12.3. The Hall–Kier alpha value is -0.870. The van der Waals surface area contributed by atoms with E-state index in [1.165, 1.54) is 5.56 Å². The molecule has 0 saturated heterocycles. The van der Waals surface area contributed by atoms with Crippen LogP contribution in [-0.4, -0.2) is 26.8 Å². The van der Waals surface area contributed by atoms with E-state index in [0.29, 0.717) is 16.9 Å². The highest BCUT2D eigenvalue weighted by atomic mass is 32.2. The van der Waals surface area contributed by atoms with Crippen LogP contribution < -0.4 is 5.32 Å². The normalized spacial score (nSPS) is 15.2. The smallest absolute Gasteiger partial charge is 0.178 e. The highest BCUT2D eigenvalue weighted by molar-refractivity contribution is 7.91. The van der Waals surface area contributed by atoms with Crippen LogP contribution in [0.5, 0.6) is 0 Å². The van der Waals surface area contributed by atoms with Crippen molar-refractivity contribution >= 4 is 9.84 Å². The first-order chi connectivity index (χ1) is 8.96. The van der Waals surface area contributed by atoms with Crippen LogP contribution in [0.4, 0.5) is 0 Å². The molecule has 0 aliphatic rings. The lowest BCUT2D eigenvalue weighted by Crippen LogP contribution is -2.32. The minimum Gasteiger partial charge on any atom is -0.314 e. The number of hydrogen-bond donors (Lipinski definition) is 1. The van der Waals surface area contributed by atoms with Crippen molar-refractivity contribution in [1.82, 2.24) is 5.32 Å². The number of benzene rings is 1. The molecule has 0 heterocycles. The molecule has 2 atom stereocenters. The minimum atomic E-state index is -3.09. The summed E-state index contributed by atoms with van der Waals surface area (Å²) in [5.41, 5.74) is 1.18. The minimum absolute atomic E-state index is 0.150. The quantitative estimate of drug-likeness (QED) is 0.837. The van der Waals surface area contributed by atoms with Crippen molar-refractivity contribution in [1.29, 1.82) is 0 Å². The van der Waals surface area contributed by atoms with Crippen molar-refractivity contribution < 1.29 is 8.42 Å². The fourth-order valence-corrected chi connectivity index (χ4v) is 3.20. The van der Waals surface area contributed by atoms with Gasteiger partial charge in [-0.2, -0.15) is 0 Å². The molecule has 1 N–H and O–H groups in total. The zero-order chi connectivity index (χ0) is 14.5. The van der Waals surface area contributed by atoms with Gasteiger partial charge < -0.3 is 5.32 Å². The third-order valence-corrected chi connectivity index (χ3v) is 5.41. The summed E-state index contributed by atoms with van der Waals surface area (Å²) in [5, 5.41) is 3.47. The fourth-order valence-electron chi connectivity index (χ4n) is 2.31. The molecule has 0 radical (unpaired) electrons. The van der Waals surface area contributed by atoms with Crippen LogP contribution >= 0.6 is 0 Å². The van der Waals surface area contributed by atoms with Gasteiger partial charge >= 0.3 is 0 Å². The maximum Gasteiger partial charge on any atom is 0.178 e. The molecule has 2 unspecified atom stereocenters. The summed E-state index contributed by atoms with van der Waals surface area (Å²) in [6.07, 6.45) is 1.06. The summed E-state index contributed by atoms with van der Waals surface area (Å²) in [7, 11) is -3.09. The highest BCUT2D eigenvalue weighted by Crippen LogP contribution is 2.23. The van der Waals surface area contributed by atoms with Gasteiger partial charge in [0.05, 0.1) is 10.6 Å². The van der Waals surface area contributed by atoms with Gasteiger partial charge in [0.2, 0.25) is 0 Å². The van der Waals surface area contributed by atoms with Gasteiger partial charge in [0.25, 0.3) is 0 Å². The second kappa shape index (κ2) is 7.06. The average Bonchev–Trinajstić information content (AvgIpc) is 2.44. The zero-order valence-corrected chi connectivity index (χ0v) is 13.1. The van der Waals surface area contributed by atoms with Crippen LogP contribution in [0.3, 0.4) is 0 Å². The van der Waals surface area contributed by atoms with E-state index in [2.05, 4.69) is 26.1 Å². The van der Waals surface area contributed by atoms with Crippen LogP contribution in [0, 0.1) is 0 Å². The van der Waals surface area contributed by atoms with E-state index >= 15 is 0 Å². The molecule has 0 bridgehead atoms. The van der Waals surface area contributed by atoms with Crippen molar-refractivity contribution in [2.75, 3.05) is 12.3 Å². The second-order valence-corrected chi connectivity index (χ2v) is 7.11. The number of sulfone groups is 1. The number of likely N-dealkylation sites (N-methyl/N-ethyl adjacent to an activating group) is 1. The van der Waals surface area contributed by atoms with Gasteiger partial charge in [0.1, 0.15) is 0 Å². The molecule has 1 aromatic rings. The predicted octanol–water partition coefficient (Wildman–Crippen LogP) is 2.97. The van der Waals surface area contributed by atoms with Crippen LogP contribution in [-0.2, 0) is 9.84 Å². The molecular weight excluding hydrogens is 258 g/mol. The van der Waals surface area contributed by atoms with Gasteiger partial charge in [-0.1, -0.05) is 39.8 Å². The SMILES string of the molecule is CCNC(CC)C(C)c1ccc(S(=O)(=O)CC)cc1. The van der Waals surface area contributed by atoms with E-state index in [9.17, 15) is 8.42 Å². The Morgan fingerprint density at radius 1 is 1.11 bits per heavy atom. The Balaban J connectivity index is 2.92. The molecule has 4 heteroatoms. The molecule has 1 rings (SSSR count). The number of hydrogen-bond acceptors (Lipinski definition) is 3. The van der Waals surface area contributed by atoms with Gasteiger partial charge in [-0.3, -0.25) is 0 Å². The van der Waals surface area contributed by atoms with Crippen molar-refractivity contribution in [2.24, 2.45) is 0 Å². The van der Waals surface area contributed by atoms with E-state index in [0.717, 1.165) is 13.0 Å². The first kappa shape index (κ1) is 16.2. The Labute approximate surface area is 117 Å². The number of rotatable bonds is 7. The van der Waals surface area contributed by atoms with Gasteiger partial charge in [0.15, 0.2) is 9.84 Å². The third kappa shape index (κ3) is 4.05. The molecule has 1 aromatic carbocycles. The lowest BCUT2D eigenvalue weighted by Gasteiger charge is -2.24. The summed E-state index contributed by atoms with van der Waals surface area (Å²) in [5.74, 6) is 0.528. The summed E-state index contributed by atoms with van der Waals surface area (Å²) in [6.45, 7) is 9.07.